The van der Waals surface area contributed by atoms with Crippen LogP contribution in [-0.4, -0.2) is 17.8 Å². The predicted molar refractivity (Wildman–Crippen MR) is 54.5 cm³/mol. The van der Waals surface area contributed by atoms with E-state index >= 15 is 0 Å². The van der Waals surface area contributed by atoms with E-state index in [2.05, 4.69) is 4.98 Å². The minimum atomic E-state index is -4.30. The van der Waals surface area contributed by atoms with E-state index < -0.39 is 12.8 Å². The summed E-state index contributed by atoms with van der Waals surface area (Å²) >= 11 is 0. The van der Waals surface area contributed by atoms with Crippen molar-refractivity contribution in [3.05, 3.63) is 23.5 Å². The number of hydrogen-bond donors (Lipinski definition) is 0. The van der Waals surface area contributed by atoms with Gasteiger partial charge in [-0.3, -0.25) is 4.98 Å². The third kappa shape index (κ3) is 3.72. The summed E-state index contributed by atoms with van der Waals surface area (Å²) in [4.78, 5) is 4.11. The molecule has 0 saturated heterocycles. The molecule has 0 saturated carbocycles. The number of halogens is 3. The molecule has 0 aliphatic rings. The summed E-state index contributed by atoms with van der Waals surface area (Å²) in [7, 11) is 0. The molecule has 0 unspecified atom stereocenters. The zero-order chi connectivity index (χ0) is 12.2. The lowest BCUT2D eigenvalue weighted by atomic mass is 10.1. The van der Waals surface area contributed by atoms with Crippen LogP contribution in [0.4, 0.5) is 13.2 Å². The van der Waals surface area contributed by atoms with E-state index in [1.165, 1.54) is 12.3 Å². The zero-order valence-electron chi connectivity index (χ0n) is 9.27. The third-order valence-electron chi connectivity index (χ3n) is 2.14. The van der Waals surface area contributed by atoms with Crippen molar-refractivity contribution in [3.63, 3.8) is 0 Å². The van der Waals surface area contributed by atoms with Gasteiger partial charge in [-0.15, -0.1) is 0 Å². The Kier molecular flexibility index (Phi) is 4.15. The lowest BCUT2D eigenvalue weighted by molar-refractivity contribution is -0.153. The van der Waals surface area contributed by atoms with Crippen LogP contribution in [0.5, 0.6) is 5.75 Å². The topological polar surface area (TPSA) is 22.1 Å². The summed E-state index contributed by atoms with van der Waals surface area (Å²) < 4.78 is 40.7. The molecule has 0 bridgehead atoms. The zero-order valence-corrected chi connectivity index (χ0v) is 9.27. The average molecular weight is 233 g/mol. The van der Waals surface area contributed by atoms with Gasteiger partial charge in [-0.2, -0.15) is 13.2 Å². The van der Waals surface area contributed by atoms with Crippen LogP contribution in [0.1, 0.15) is 24.6 Å². The SMILES string of the molecule is CCCc1nccc(OCC(F)(F)F)c1C. The second-order valence-corrected chi connectivity index (χ2v) is 3.53. The smallest absolute Gasteiger partial charge is 0.422 e. The lowest BCUT2D eigenvalue weighted by Crippen LogP contribution is -2.19. The van der Waals surface area contributed by atoms with Crippen LogP contribution in [0.25, 0.3) is 0 Å². The average Bonchev–Trinajstić information content (AvgIpc) is 2.18. The molecule has 1 rings (SSSR count). The standard InChI is InChI=1S/C11H14F3NO/c1-3-4-9-8(2)10(5-6-15-9)16-7-11(12,13)14/h5-6H,3-4,7H2,1-2H3. The van der Waals surface area contributed by atoms with Gasteiger partial charge in [0.2, 0.25) is 0 Å². The molecule has 2 nitrogen and oxygen atoms in total. The molecular weight excluding hydrogens is 219 g/mol. The summed E-state index contributed by atoms with van der Waals surface area (Å²) in [6, 6.07) is 1.46. The Morgan fingerprint density at radius 3 is 2.62 bits per heavy atom. The van der Waals surface area contributed by atoms with Crippen molar-refractivity contribution >= 4 is 0 Å². The monoisotopic (exact) mass is 233 g/mol. The fraction of sp³-hybridized carbons (Fsp3) is 0.545. The molecule has 0 spiro atoms. The van der Waals surface area contributed by atoms with Crippen molar-refractivity contribution in [1.82, 2.24) is 4.98 Å². The first kappa shape index (κ1) is 12.8. The van der Waals surface area contributed by atoms with Crippen LogP contribution >= 0.6 is 0 Å². The van der Waals surface area contributed by atoms with Crippen molar-refractivity contribution in [1.29, 1.82) is 0 Å². The molecule has 5 heteroatoms. The van der Waals surface area contributed by atoms with Crippen LogP contribution in [0.3, 0.4) is 0 Å². The number of rotatable bonds is 4. The van der Waals surface area contributed by atoms with E-state index in [1.54, 1.807) is 6.92 Å². The first-order valence-corrected chi connectivity index (χ1v) is 5.08. The van der Waals surface area contributed by atoms with Crippen molar-refractivity contribution in [3.8, 4) is 5.75 Å². The fourth-order valence-electron chi connectivity index (χ4n) is 1.36. The van der Waals surface area contributed by atoms with E-state index in [0.29, 0.717) is 5.56 Å². The van der Waals surface area contributed by atoms with Gasteiger partial charge in [0, 0.05) is 17.5 Å². The Morgan fingerprint density at radius 1 is 1.38 bits per heavy atom. The molecule has 0 radical (unpaired) electrons. The molecule has 0 aliphatic carbocycles. The highest BCUT2D eigenvalue weighted by molar-refractivity contribution is 5.34. The number of aryl methyl sites for hydroxylation is 1. The predicted octanol–water partition coefficient (Wildman–Crippen LogP) is 3.28. The fourth-order valence-corrected chi connectivity index (χ4v) is 1.36. The maximum absolute atomic E-state index is 12.0. The first-order chi connectivity index (χ1) is 7.44. The maximum Gasteiger partial charge on any atom is 0.422 e. The maximum atomic E-state index is 12.0. The Hall–Kier alpha value is -1.26. The molecule has 0 aliphatic heterocycles. The number of ether oxygens (including phenoxy) is 1. The highest BCUT2D eigenvalue weighted by Gasteiger charge is 2.28. The largest absolute Gasteiger partial charge is 0.484 e. The molecule has 16 heavy (non-hydrogen) atoms. The highest BCUT2D eigenvalue weighted by Crippen LogP contribution is 2.23. The molecule has 0 aromatic carbocycles. The van der Waals surface area contributed by atoms with Crippen molar-refractivity contribution in [2.45, 2.75) is 32.9 Å². The quantitative estimate of drug-likeness (QED) is 0.796. The van der Waals surface area contributed by atoms with Gasteiger partial charge >= 0.3 is 6.18 Å². The molecule has 0 atom stereocenters. The van der Waals surface area contributed by atoms with Gasteiger partial charge in [0.05, 0.1) is 0 Å². The summed E-state index contributed by atoms with van der Waals surface area (Å²) in [5, 5.41) is 0. The summed E-state index contributed by atoms with van der Waals surface area (Å²) in [5.41, 5.74) is 1.48. The van der Waals surface area contributed by atoms with E-state index in [-0.39, 0.29) is 5.75 Å². The summed E-state index contributed by atoms with van der Waals surface area (Å²) in [6.45, 7) is 2.46. The molecule has 1 aromatic rings. The van der Waals surface area contributed by atoms with Crippen molar-refractivity contribution in [2.24, 2.45) is 0 Å². The van der Waals surface area contributed by atoms with Crippen molar-refractivity contribution in [2.75, 3.05) is 6.61 Å². The third-order valence-corrected chi connectivity index (χ3v) is 2.14. The minimum Gasteiger partial charge on any atom is -0.484 e. The normalized spacial score (nSPS) is 11.6. The summed E-state index contributed by atoms with van der Waals surface area (Å²) in [6.07, 6.45) is -1.18. The Labute approximate surface area is 92.5 Å². The molecule has 0 amide bonds. The van der Waals surface area contributed by atoms with Crippen LogP contribution in [-0.2, 0) is 6.42 Å². The van der Waals surface area contributed by atoms with Crippen LogP contribution in [0.2, 0.25) is 0 Å². The van der Waals surface area contributed by atoms with Crippen LogP contribution in [0, 0.1) is 6.92 Å². The number of nitrogens with zero attached hydrogens (tertiary/aromatic N) is 1. The Bertz CT molecular complexity index is 350. The van der Waals surface area contributed by atoms with E-state index in [0.717, 1.165) is 18.5 Å². The van der Waals surface area contributed by atoms with Gasteiger partial charge in [-0.1, -0.05) is 13.3 Å². The van der Waals surface area contributed by atoms with E-state index in [9.17, 15) is 13.2 Å². The minimum absolute atomic E-state index is 0.260. The molecule has 1 heterocycles. The molecule has 1 aromatic heterocycles. The Morgan fingerprint density at radius 2 is 2.06 bits per heavy atom. The van der Waals surface area contributed by atoms with Crippen LogP contribution < -0.4 is 4.74 Å². The molecular formula is C11H14F3NO. The van der Waals surface area contributed by atoms with Gasteiger partial charge < -0.3 is 4.74 Å². The van der Waals surface area contributed by atoms with Crippen LogP contribution in [0.15, 0.2) is 12.3 Å². The number of pyridine rings is 1. The lowest BCUT2D eigenvalue weighted by Gasteiger charge is -2.13. The highest BCUT2D eigenvalue weighted by atomic mass is 19.4. The number of aromatic nitrogens is 1. The first-order valence-electron chi connectivity index (χ1n) is 5.08. The van der Waals surface area contributed by atoms with E-state index in [4.69, 9.17) is 4.74 Å². The molecule has 0 fully saturated rings. The molecule has 0 N–H and O–H groups in total. The van der Waals surface area contributed by atoms with Gasteiger partial charge in [0.1, 0.15) is 5.75 Å². The van der Waals surface area contributed by atoms with Gasteiger partial charge in [0.15, 0.2) is 6.61 Å². The Balaban J connectivity index is 2.77. The second kappa shape index (κ2) is 5.18. The number of alkyl halides is 3. The van der Waals surface area contributed by atoms with Gasteiger partial charge in [-0.05, 0) is 19.4 Å². The summed E-state index contributed by atoms with van der Waals surface area (Å²) in [5.74, 6) is 0.260. The van der Waals surface area contributed by atoms with Gasteiger partial charge in [0.25, 0.3) is 0 Å². The number of hydrogen-bond acceptors (Lipinski definition) is 2. The van der Waals surface area contributed by atoms with Crippen molar-refractivity contribution < 1.29 is 17.9 Å². The molecule has 90 valence electrons. The van der Waals surface area contributed by atoms with E-state index in [1.807, 2.05) is 6.92 Å². The van der Waals surface area contributed by atoms with Gasteiger partial charge in [-0.25, -0.2) is 0 Å². The second-order valence-electron chi connectivity index (χ2n) is 3.53.